The first-order chi connectivity index (χ1) is 11.3. The molecule has 4 rings (SSSR count). The van der Waals surface area contributed by atoms with Crippen LogP contribution in [0.25, 0.3) is 21.5 Å². The first-order valence-electron chi connectivity index (χ1n) is 7.44. The number of benzene rings is 2. The fourth-order valence-electron chi connectivity index (χ4n) is 2.57. The van der Waals surface area contributed by atoms with E-state index in [0.717, 1.165) is 28.6 Å². The highest BCUT2D eigenvalue weighted by Gasteiger charge is 2.10. The number of hydrogen-bond donors (Lipinski definition) is 1. The van der Waals surface area contributed by atoms with Gasteiger partial charge in [-0.25, -0.2) is 9.97 Å². The zero-order chi connectivity index (χ0) is 15.6. The lowest BCUT2D eigenvalue weighted by atomic mass is 10.1. The molecule has 0 bridgehead atoms. The van der Waals surface area contributed by atoms with E-state index in [0.29, 0.717) is 0 Å². The molecule has 23 heavy (non-hydrogen) atoms. The zero-order valence-corrected chi connectivity index (χ0v) is 13.5. The van der Waals surface area contributed by atoms with Crippen molar-refractivity contribution in [3.05, 3.63) is 71.7 Å². The molecule has 1 N–H and O–H groups in total. The van der Waals surface area contributed by atoms with Gasteiger partial charge >= 0.3 is 0 Å². The van der Waals surface area contributed by atoms with Crippen molar-refractivity contribution >= 4 is 32.9 Å². The molecular weight excluding hydrogens is 302 g/mol. The highest BCUT2D eigenvalue weighted by Crippen LogP contribution is 2.32. The van der Waals surface area contributed by atoms with Gasteiger partial charge in [-0.1, -0.05) is 36.4 Å². The van der Waals surface area contributed by atoms with Gasteiger partial charge in [0.2, 0.25) is 0 Å². The maximum Gasteiger partial charge on any atom is 0.163 e. The second kappa shape index (κ2) is 5.82. The number of rotatable bonds is 3. The van der Waals surface area contributed by atoms with Gasteiger partial charge in [-0.3, -0.25) is 0 Å². The molecule has 4 heteroatoms. The lowest BCUT2D eigenvalue weighted by Gasteiger charge is -2.08. The number of anilines is 2. The summed E-state index contributed by atoms with van der Waals surface area (Å²) in [7, 11) is 0. The molecular formula is C19H15N3S. The summed E-state index contributed by atoms with van der Waals surface area (Å²) >= 11 is 1.72. The number of aryl methyl sites for hydroxylation is 1. The van der Waals surface area contributed by atoms with Crippen LogP contribution in [0.3, 0.4) is 0 Å². The summed E-state index contributed by atoms with van der Waals surface area (Å²) in [6.07, 6.45) is 0. The van der Waals surface area contributed by atoms with E-state index in [4.69, 9.17) is 4.98 Å². The summed E-state index contributed by atoms with van der Waals surface area (Å²) in [6, 6.07) is 20.4. The molecule has 2 heterocycles. The SMILES string of the molecule is Cc1cc(Nc2ccccc2)nc(-c2csc3ccccc23)n1. The van der Waals surface area contributed by atoms with Gasteiger partial charge in [-0.05, 0) is 25.1 Å². The molecule has 0 unspecified atom stereocenters. The predicted molar refractivity (Wildman–Crippen MR) is 97.3 cm³/mol. The van der Waals surface area contributed by atoms with Crippen LogP contribution in [0.2, 0.25) is 0 Å². The maximum atomic E-state index is 4.71. The Morgan fingerprint density at radius 1 is 0.913 bits per heavy atom. The van der Waals surface area contributed by atoms with E-state index in [9.17, 15) is 0 Å². The molecule has 0 atom stereocenters. The van der Waals surface area contributed by atoms with Crippen LogP contribution < -0.4 is 5.32 Å². The molecule has 0 spiro atoms. The number of nitrogens with zero attached hydrogens (tertiary/aromatic N) is 2. The van der Waals surface area contributed by atoms with Gasteiger partial charge < -0.3 is 5.32 Å². The molecule has 2 aromatic carbocycles. The maximum absolute atomic E-state index is 4.71. The molecule has 0 amide bonds. The molecule has 0 aliphatic heterocycles. The Balaban J connectivity index is 1.78. The monoisotopic (exact) mass is 317 g/mol. The minimum atomic E-state index is 0.765. The Hall–Kier alpha value is -2.72. The molecule has 0 saturated carbocycles. The van der Waals surface area contributed by atoms with Crippen LogP contribution in [0, 0.1) is 6.92 Å². The van der Waals surface area contributed by atoms with Crippen LogP contribution in [0.1, 0.15) is 5.69 Å². The van der Waals surface area contributed by atoms with Gasteiger partial charge in [-0.15, -0.1) is 11.3 Å². The Kier molecular flexibility index (Phi) is 3.52. The van der Waals surface area contributed by atoms with Crippen LogP contribution in [-0.4, -0.2) is 9.97 Å². The van der Waals surface area contributed by atoms with Crippen molar-refractivity contribution in [3.63, 3.8) is 0 Å². The van der Waals surface area contributed by atoms with Crippen molar-refractivity contribution < 1.29 is 0 Å². The average Bonchev–Trinajstić information content (AvgIpc) is 2.99. The van der Waals surface area contributed by atoms with Gasteiger partial charge in [0.15, 0.2) is 5.82 Å². The lowest BCUT2D eigenvalue weighted by Crippen LogP contribution is -1.98. The van der Waals surface area contributed by atoms with Crippen LogP contribution >= 0.6 is 11.3 Å². The fraction of sp³-hybridized carbons (Fsp3) is 0.0526. The van der Waals surface area contributed by atoms with E-state index in [1.54, 1.807) is 11.3 Å². The predicted octanol–water partition coefficient (Wildman–Crippen LogP) is 5.41. The third-order valence-electron chi connectivity index (χ3n) is 3.62. The number of hydrogen-bond acceptors (Lipinski definition) is 4. The lowest BCUT2D eigenvalue weighted by molar-refractivity contribution is 1.12. The molecule has 0 fully saturated rings. The zero-order valence-electron chi connectivity index (χ0n) is 12.7. The van der Waals surface area contributed by atoms with E-state index >= 15 is 0 Å². The minimum absolute atomic E-state index is 0.765. The Labute approximate surface area is 138 Å². The highest BCUT2D eigenvalue weighted by molar-refractivity contribution is 7.17. The minimum Gasteiger partial charge on any atom is -0.340 e. The van der Waals surface area contributed by atoms with Crippen molar-refractivity contribution in [3.8, 4) is 11.4 Å². The first-order valence-corrected chi connectivity index (χ1v) is 8.32. The molecule has 4 aromatic rings. The first kappa shape index (κ1) is 13.9. The topological polar surface area (TPSA) is 37.8 Å². The summed E-state index contributed by atoms with van der Waals surface area (Å²) in [5.41, 5.74) is 3.06. The highest BCUT2D eigenvalue weighted by atomic mass is 32.1. The molecule has 0 radical (unpaired) electrons. The number of thiophene rings is 1. The van der Waals surface area contributed by atoms with Crippen molar-refractivity contribution in [1.29, 1.82) is 0 Å². The third kappa shape index (κ3) is 2.81. The van der Waals surface area contributed by atoms with Gasteiger partial charge in [0.05, 0.1) is 0 Å². The second-order valence-electron chi connectivity index (χ2n) is 5.35. The molecule has 0 saturated heterocycles. The molecule has 3 nitrogen and oxygen atoms in total. The van der Waals surface area contributed by atoms with Crippen LogP contribution in [0.5, 0.6) is 0 Å². The molecule has 0 aliphatic carbocycles. The quantitative estimate of drug-likeness (QED) is 0.549. The Bertz CT molecular complexity index is 961. The normalized spacial score (nSPS) is 10.8. The largest absolute Gasteiger partial charge is 0.340 e. The summed E-state index contributed by atoms with van der Waals surface area (Å²) in [5, 5.41) is 6.68. The fourth-order valence-corrected chi connectivity index (χ4v) is 3.51. The van der Waals surface area contributed by atoms with Crippen molar-refractivity contribution in [2.24, 2.45) is 0 Å². The number of nitrogens with one attached hydrogen (secondary N) is 1. The van der Waals surface area contributed by atoms with E-state index in [1.165, 1.54) is 10.1 Å². The summed E-state index contributed by atoms with van der Waals surface area (Å²) in [5.74, 6) is 1.58. The van der Waals surface area contributed by atoms with Crippen molar-refractivity contribution in [2.75, 3.05) is 5.32 Å². The number of aromatic nitrogens is 2. The van der Waals surface area contributed by atoms with Gasteiger partial charge in [0, 0.05) is 38.5 Å². The van der Waals surface area contributed by atoms with E-state index in [1.807, 2.05) is 43.3 Å². The smallest absolute Gasteiger partial charge is 0.163 e. The van der Waals surface area contributed by atoms with Gasteiger partial charge in [0.1, 0.15) is 5.82 Å². The van der Waals surface area contributed by atoms with Crippen LogP contribution in [-0.2, 0) is 0 Å². The summed E-state index contributed by atoms with van der Waals surface area (Å²) in [6.45, 7) is 2.00. The molecule has 2 aromatic heterocycles. The van der Waals surface area contributed by atoms with Gasteiger partial charge in [-0.2, -0.15) is 0 Å². The Morgan fingerprint density at radius 3 is 2.57 bits per heavy atom. The molecule has 0 aliphatic rings. The third-order valence-corrected chi connectivity index (χ3v) is 4.59. The standard InChI is InChI=1S/C19H15N3S/c1-13-11-18(21-14-7-3-2-4-8-14)22-19(20-13)16-12-23-17-10-6-5-9-15(16)17/h2-12H,1H3,(H,20,21,22). The molecule has 112 valence electrons. The average molecular weight is 317 g/mol. The summed E-state index contributed by atoms with van der Waals surface area (Å²) in [4.78, 5) is 9.33. The number of fused-ring (bicyclic) bond motifs is 1. The Morgan fingerprint density at radius 2 is 1.70 bits per heavy atom. The second-order valence-corrected chi connectivity index (χ2v) is 6.27. The van der Waals surface area contributed by atoms with Gasteiger partial charge in [0.25, 0.3) is 0 Å². The van der Waals surface area contributed by atoms with E-state index < -0.39 is 0 Å². The van der Waals surface area contributed by atoms with E-state index in [-0.39, 0.29) is 0 Å². The van der Waals surface area contributed by atoms with Crippen LogP contribution in [0.4, 0.5) is 11.5 Å². The van der Waals surface area contributed by atoms with Crippen molar-refractivity contribution in [2.45, 2.75) is 6.92 Å². The van der Waals surface area contributed by atoms with Crippen LogP contribution in [0.15, 0.2) is 66.0 Å². The number of para-hydroxylation sites is 1. The van der Waals surface area contributed by atoms with Crippen molar-refractivity contribution in [1.82, 2.24) is 9.97 Å². The van der Waals surface area contributed by atoms with E-state index in [2.05, 4.69) is 39.9 Å². The summed E-state index contributed by atoms with van der Waals surface area (Å²) < 4.78 is 1.25.